The fraction of sp³-hybridized carbons (Fsp3) is 0.667. The third kappa shape index (κ3) is 1.98. The van der Waals surface area contributed by atoms with Gasteiger partial charge in [0.25, 0.3) is 0 Å². The number of nitrogens with one attached hydrogen (secondary N) is 1. The van der Waals surface area contributed by atoms with Crippen LogP contribution in [0, 0.1) is 18.8 Å². The standard InChI is InChI=1S/C12H15N3O4/c1-6-13-11(15-19-6)12(3-2-4-12)14-9(16)7-5-8(7)10(17)18/h7-8H,2-5H2,1H3,(H,14,16)(H,17,18)/t7-,8-/m0/s1. The quantitative estimate of drug-likeness (QED) is 0.825. The summed E-state index contributed by atoms with van der Waals surface area (Å²) in [6, 6.07) is 0. The molecule has 2 aliphatic rings. The Balaban J connectivity index is 1.71. The van der Waals surface area contributed by atoms with E-state index in [0.29, 0.717) is 18.1 Å². The van der Waals surface area contributed by atoms with Gasteiger partial charge >= 0.3 is 5.97 Å². The SMILES string of the molecule is Cc1nc(C2(NC(=O)[C@H]3C[C@@H]3C(=O)O)CCC2)no1. The second-order valence-corrected chi connectivity index (χ2v) is 5.35. The van der Waals surface area contributed by atoms with Gasteiger partial charge in [-0.3, -0.25) is 9.59 Å². The van der Waals surface area contributed by atoms with Crippen LogP contribution < -0.4 is 5.32 Å². The minimum Gasteiger partial charge on any atom is -0.481 e. The molecule has 1 aromatic rings. The minimum atomic E-state index is -0.904. The van der Waals surface area contributed by atoms with Crippen molar-refractivity contribution in [1.29, 1.82) is 0 Å². The lowest BCUT2D eigenvalue weighted by atomic mass is 9.76. The van der Waals surface area contributed by atoms with Crippen molar-refractivity contribution in [2.24, 2.45) is 11.8 Å². The van der Waals surface area contributed by atoms with Crippen LogP contribution >= 0.6 is 0 Å². The van der Waals surface area contributed by atoms with Crippen molar-refractivity contribution in [2.45, 2.75) is 38.1 Å². The van der Waals surface area contributed by atoms with Gasteiger partial charge in [0.2, 0.25) is 11.8 Å². The summed E-state index contributed by atoms with van der Waals surface area (Å²) in [6.07, 6.45) is 2.94. The van der Waals surface area contributed by atoms with Gasteiger partial charge in [0.1, 0.15) is 5.54 Å². The molecule has 0 aromatic carbocycles. The van der Waals surface area contributed by atoms with Gasteiger partial charge in [-0.2, -0.15) is 4.98 Å². The second kappa shape index (κ2) is 4.04. The minimum absolute atomic E-state index is 0.213. The topological polar surface area (TPSA) is 105 Å². The third-order valence-electron chi connectivity index (χ3n) is 3.97. The number of carbonyl (C=O) groups excluding carboxylic acids is 1. The van der Waals surface area contributed by atoms with Crippen LogP contribution in [0.3, 0.4) is 0 Å². The van der Waals surface area contributed by atoms with E-state index in [9.17, 15) is 9.59 Å². The molecule has 19 heavy (non-hydrogen) atoms. The number of amides is 1. The highest BCUT2D eigenvalue weighted by molar-refractivity contribution is 5.89. The lowest BCUT2D eigenvalue weighted by Crippen LogP contribution is -2.52. The molecule has 1 heterocycles. The highest BCUT2D eigenvalue weighted by atomic mass is 16.5. The number of aliphatic carboxylic acids is 1. The monoisotopic (exact) mass is 265 g/mol. The zero-order valence-corrected chi connectivity index (χ0v) is 10.5. The molecule has 0 aliphatic heterocycles. The van der Waals surface area contributed by atoms with Gasteiger partial charge in [-0.1, -0.05) is 5.16 Å². The Morgan fingerprint density at radius 3 is 2.58 bits per heavy atom. The third-order valence-corrected chi connectivity index (χ3v) is 3.97. The van der Waals surface area contributed by atoms with E-state index in [2.05, 4.69) is 15.5 Å². The smallest absolute Gasteiger partial charge is 0.307 e. The number of hydrogen-bond donors (Lipinski definition) is 2. The highest BCUT2D eigenvalue weighted by Crippen LogP contribution is 2.43. The van der Waals surface area contributed by atoms with Crippen molar-refractivity contribution in [3.05, 3.63) is 11.7 Å². The van der Waals surface area contributed by atoms with E-state index in [-0.39, 0.29) is 5.91 Å². The van der Waals surface area contributed by atoms with Crippen molar-refractivity contribution in [3.63, 3.8) is 0 Å². The first kappa shape index (κ1) is 12.1. The highest BCUT2D eigenvalue weighted by Gasteiger charge is 2.52. The average molecular weight is 265 g/mol. The summed E-state index contributed by atoms with van der Waals surface area (Å²) < 4.78 is 4.96. The maximum absolute atomic E-state index is 12.0. The van der Waals surface area contributed by atoms with Crippen LogP contribution in [-0.2, 0) is 15.1 Å². The number of aryl methyl sites for hydroxylation is 1. The van der Waals surface area contributed by atoms with Gasteiger partial charge in [-0.05, 0) is 25.7 Å². The summed E-state index contributed by atoms with van der Waals surface area (Å²) in [4.78, 5) is 27.0. The van der Waals surface area contributed by atoms with E-state index < -0.39 is 23.3 Å². The number of hydrogen-bond acceptors (Lipinski definition) is 5. The van der Waals surface area contributed by atoms with Gasteiger partial charge in [-0.25, -0.2) is 0 Å². The molecule has 0 radical (unpaired) electrons. The Kier molecular flexibility index (Phi) is 2.58. The molecule has 2 saturated carbocycles. The number of carboxylic acid groups (broad SMARTS) is 1. The Morgan fingerprint density at radius 1 is 1.42 bits per heavy atom. The van der Waals surface area contributed by atoms with Crippen molar-refractivity contribution in [1.82, 2.24) is 15.5 Å². The average Bonchev–Trinajstić information content (AvgIpc) is 3.01. The summed E-state index contributed by atoms with van der Waals surface area (Å²) >= 11 is 0. The number of nitrogens with zero attached hydrogens (tertiary/aromatic N) is 2. The number of aromatic nitrogens is 2. The molecule has 102 valence electrons. The Labute approximate surface area is 109 Å². The first-order valence-electron chi connectivity index (χ1n) is 6.37. The van der Waals surface area contributed by atoms with Crippen molar-refractivity contribution in [2.75, 3.05) is 0 Å². The lowest BCUT2D eigenvalue weighted by Gasteiger charge is -2.39. The van der Waals surface area contributed by atoms with Gasteiger partial charge < -0.3 is 14.9 Å². The molecule has 1 aromatic heterocycles. The van der Waals surface area contributed by atoms with E-state index in [0.717, 1.165) is 19.3 Å². The van der Waals surface area contributed by atoms with Crippen LogP contribution in [0.5, 0.6) is 0 Å². The lowest BCUT2D eigenvalue weighted by molar-refractivity contribution is -0.140. The summed E-state index contributed by atoms with van der Waals surface area (Å²) in [6.45, 7) is 1.70. The summed E-state index contributed by atoms with van der Waals surface area (Å²) in [7, 11) is 0. The molecule has 2 atom stereocenters. The van der Waals surface area contributed by atoms with Gasteiger partial charge in [0.05, 0.1) is 11.8 Å². The maximum atomic E-state index is 12.0. The van der Waals surface area contributed by atoms with Crippen molar-refractivity contribution < 1.29 is 19.2 Å². The normalized spacial score (nSPS) is 27.4. The number of rotatable bonds is 4. The Morgan fingerprint density at radius 2 is 2.16 bits per heavy atom. The van der Waals surface area contributed by atoms with Crippen LogP contribution in [0.15, 0.2) is 4.52 Å². The Hall–Kier alpha value is -1.92. The summed E-state index contributed by atoms with van der Waals surface area (Å²) in [5.41, 5.74) is -0.555. The van der Waals surface area contributed by atoms with Gasteiger partial charge in [0.15, 0.2) is 5.82 Å². The molecule has 1 amide bonds. The molecular weight excluding hydrogens is 250 g/mol. The van der Waals surface area contributed by atoms with Crippen molar-refractivity contribution in [3.8, 4) is 0 Å². The second-order valence-electron chi connectivity index (χ2n) is 5.35. The number of carboxylic acids is 1. The van der Waals surface area contributed by atoms with E-state index in [1.807, 2.05) is 0 Å². The number of carbonyl (C=O) groups is 2. The van der Waals surface area contributed by atoms with Crippen LogP contribution in [0.25, 0.3) is 0 Å². The largest absolute Gasteiger partial charge is 0.481 e. The molecule has 0 unspecified atom stereocenters. The zero-order chi connectivity index (χ0) is 13.6. The molecular formula is C12H15N3O4. The molecule has 2 fully saturated rings. The fourth-order valence-corrected chi connectivity index (χ4v) is 2.51. The van der Waals surface area contributed by atoms with E-state index in [1.165, 1.54) is 0 Å². The van der Waals surface area contributed by atoms with E-state index >= 15 is 0 Å². The van der Waals surface area contributed by atoms with Crippen molar-refractivity contribution >= 4 is 11.9 Å². The molecule has 7 nitrogen and oxygen atoms in total. The van der Waals surface area contributed by atoms with E-state index in [1.54, 1.807) is 6.92 Å². The maximum Gasteiger partial charge on any atom is 0.307 e. The first-order valence-corrected chi connectivity index (χ1v) is 6.37. The molecule has 0 spiro atoms. The van der Waals surface area contributed by atoms with Crippen LogP contribution in [0.4, 0.5) is 0 Å². The molecule has 2 aliphatic carbocycles. The van der Waals surface area contributed by atoms with Gasteiger partial charge in [-0.15, -0.1) is 0 Å². The van der Waals surface area contributed by atoms with Gasteiger partial charge in [0, 0.05) is 6.92 Å². The first-order chi connectivity index (χ1) is 9.02. The van der Waals surface area contributed by atoms with Crippen LogP contribution in [0.2, 0.25) is 0 Å². The Bertz CT molecular complexity index is 535. The molecule has 0 saturated heterocycles. The predicted molar refractivity (Wildman–Crippen MR) is 61.9 cm³/mol. The molecule has 0 bridgehead atoms. The zero-order valence-electron chi connectivity index (χ0n) is 10.5. The fourth-order valence-electron chi connectivity index (χ4n) is 2.51. The summed E-state index contributed by atoms with van der Waals surface area (Å²) in [5.74, 6) is -1.11. The van der Waals surface area contributed by atoms with Crippen LogP contribution in [-0.4, -0.2) is 27.1 Å². The summed E-state index contributed by atoms with van der Waals surface area (Å²) in [5, 5.41) is 15.6. The van der Waals surface area contributed by atoms with E-state index in [4.69, 9.17) is 9.63 Å². The van der Waals surface area contributed by atoms with Crippen LogP contribution in [0.1, 0.15) is 37.4 Å². The molecule has 3 rings (SSSR count). The molecule has 2 N–H and O–H groups in total. The predicted octanol–water partition coefficient (Wildman–Crippen LogP) is 0.594. The molecule has 7 heteroatoms.